The highest BCUT2D eigenvalue weighted by atomic mass is 16.4. The molecule has 12 nitrogen and oxygen atoms in total. The summed E-state index contributed by atoms with van der Waals surface area (Å²) in [5, 5.41) is 20.0. The van der Waals surface area contributed by atoms with Crippen LogP contribution in [0.4, 0.5) is 0 Å². The number of hydrogen-bond acceptors (Lipinski definition) is 6. The molecule has 3 amide bonds. The second-order valence-electron chi connectivity index (χ2n) is 7.96. The zero-order chi connectivity index (χ0) is 23.4. The van der Waals surface area contributed by atoms with Crippen molar-refractivity contribution in [1.29, 1.82) is 0 Å². The first-order valence-electron chi connectivity index (χ1n) is 10.5. The van der Waals surface area contributed by atoms with Crippen LogP contribution >= 0.6 is 0 Å². The van der Waals surface area contributed by atoms with Crippen molar-refractivity contribution in [3.63, 3.8) is 0 Å². The first-order valence-corrected chi connectivity index (χ1v) is 10.5. The van der Waals surface area contributed by atoms with Gasteiger partial charge in [0.1, 0.15) is 12.1 Å². The molecule has 0 aliphatic carbocycles. The molecule has 1 saturated heterocycles. The van der Waals surface area contributed by atoms with Crippen LogP contribution < -0.4 is 32.7 Å². The number of rotatable bonds is 13. The molecule has 1 rings (SSSR count). The van der Waals surface area contributed by atoms with Crippen LogP contribution in [0, 0.1) is 5.92 Å². The van der Waals surface area contributed by atoms with Crippen molar-refractivity contribution in [2.75, 3.05) is 19.6 Å². The van der Waals surface area contributed by atoms with E-state index in [0.717, 1.165) is 13.0 Å². The van der Waals surface area contributed by atoms with Gasteiger partial charge in [-0.3, -0.25) is 19.4 Å². The van der Waals surface area contributed by atoms with Crippen molar-refractivity contribution in [1.82, 2.24) is 21.3 Å². The predicted octanol–water partition coefficient (Wildman–Crippen LogP) is -1.99. The number of carboxylic acid groups (broad SMARTS) is 1. The minimum Gasteiger partial charge on any atom is -0.480 e. The van der Waals surface area contributed by atoms with Gasteiger partial charge in [0.25, 0.3) is 0 Å². The molecule has 3 atom stereocenters. The molecular weight excluding hydrogens is 406 g/mol. The van der Waals surface area contributed by atoms with Gasteiger partial charge in [-0.25, -0.2) is 4.79 Å². The van der Waals surface area contributed by atoms with E-state index in [0.29, 0.717) is 12.8 Å². The van der Waals surface area contributed by atoms with Gasteiger partial charge in [-0.2, -0.15) is 0 Å². The SMILES string of the molecule is CC(C)CC(NC(=O)C(CCCN=C(N)N)NC(=O)CNC(=O)C1CCCN1)C(=O)O. The van der Waals surface area contributed by atoms with Gasteiger partial charge in [-0.1, -0.05) is 13.8 Å². The zero-order valence-corrected chi connectivity index (χ0v) is 18.1. The molecule has 176 valence electrons. The lowest BCUT2D eigenvalue weighted by Crippen LogP contribution is -2.53. The summed E-state index contributed by atoms with van der Waals surface area (Å²) in [4.78, 5) is 52.3. The van der Waals surface area contributed by atoms with E-state index in [4.69, 9.17) is 11.5 Å². The largest absolute Gasteiger partial charge is 0.480 e. The van der Waals surface area contributed by atoms with Gasteiger partial charge in [0.2, 0.25) is 17.7 Å². The fraction of sp³-hybridized carbons (Fsp3) is 0.737. The number of aliphatic carboxylic acids is 1. The van der Waals surface area contributed by atoms with Crippen LogP contribution in [-0.2, 0) is 19.2 Å². The Morgan fingerprint density at radius 1 is 1.16 bits per heavy atom. The highest BCUT2D eigenvalue weighted by Crippen LogP contribution is 2.07. The highest BCUT2D eigenvalue weighted by Gasteiger charge is 2.27. The summed E-state index contributed by atoms with van der Waals surface area (Å²) in [6.07, 6.45) is 2.43. The van der Waals surface area contributed by atoms with Gasteiger partial charge in [0, 0.05) is 6.54 Å². The quantitative estimate of drug-likeness (QED) is 0.0966. The second-order valence-corrected chi connectivity index (χ2v) is 7.96. The van der Waals surface area contributed by atoms with Crippen molar-refractivity contribution in [2.24, 2.45) is 22.4 Å². The Morgan fingerprint density at radius 3 is 2.42 bits per heavy atom. The van der Waals surface area contributed by atoms with Crippen LogP contribution in [-0.4, -0.2) is 72.5 Å². The van der Waals surface area contributed by atoms with Crippen molar-refractivity contribution in [3.05, 3.63) is 0 Å². The van der Waals surface area contributed by atoms with E-state index in [9.17, 15) is 24.3 Å². The number of aliphatic imine (C=N–C) groups is 1. The third kappa shape index (κ3) is 10.6. The van der Waals surface area contributed by atoms with Gasteiger partial charge in [-0.05, 0) is 44.6 Å². The highest BCUT2D eigenvalue weighted by molar-refractivity contribution is 5.92. The van der Waals surface area contributed by atoms with Crippen LogP contribution in [0.25, 0.3) is 0 Å². The number of carbonyl (C=O) groups is 4. The van der Waals surface area contributed by atoms with E-state index in [1.54, 1.807) is 0 Å². The molecule has 0 aromatic rings. The maximum Gasteiger partial charge on any atom is 0.326 e. The molecule has 1 aliphatic rings. The Morgan fingerprint density at radius 2 is 1.87 bits per heavy atom. The van der Waals surface area contributed by atoms with Gasteiger partial charge in [-0.15, -0.1) is 0 Å². The molecule has 3 unspecified atom stereocenters. The number of amides is 3. The average molecular weight is 442 g/mol. The minimum atomic E-state index is -1.15. The maximum atomic E-state index is 12.7. The first kappa shape index (κ1) is 26.1. The summed E-state index contributed by atoms with van der Waals surface area (Å²) in [5.41, 5.74) is 10.6. The predicted molar refractivity (Wildman–Crippen MR) is 115 cm³/mol. The number of guanidine groups is 1. The van der Waals surface area contributed by atoms with Crippen LogP contribution in [0.3, 0.4) is 0 Å². The number of nitrogens with one attached hydrogen (secondary N) is 4. The van der Waals surface area contributed by atoms with Crippen LogP contribution in [0.2, 0.25) is 0 Å². The lowest BCUT2D eigenvalue weighted by Gasteiger charge is -2.22. The van der Waals surface area contributed by atoms with E-state index in [-0.39, 0.29) is 49.8 Å². The molecule has 0 saturated carbocycles. The van der Waals surface area contributed by atoms with Crippen molar-refractivity contribution < 1.29 is 24.3 Å². The third-order valence-corrected chi connectivity index (χ3v) is 4.72. The van der Waals surface area contributed by atoms with Crippen LogP contribution in [0.1, 0.15) is 46.0 Å². The topological polar surface area (TPSA) is 201 Å². The molecule has 0 bridgehead atoms. The average Bonchev–Trinajstić information content (AvgIpc) is 3.22. The van der Waals surface area contributed by atoms with Gasteiger partial charge in [0.15, 0.2) is 5.96 Å². The number of nitrogens with zero attached hydrogens (tertiary/aromatic N) is 1. The maximum absolute atomic E-state index is 12.7. The van der Waals surface area contributed by atoms with E-state index in [1.165, 1.54) is 0 Å². The molecule has 9 N–H and O–H groups in total. The second kappa shape index (κ2) is 13.4. The summed E-state index contributed by atoms with van der Waals surface area (Å²) < 4.78 is 0. The smallest absolute Gasteiger partial charge is 0.326 e. The Balaban J connectivity index is 2.68. The summed E-state index contributed by atoms with van der Waals surface area (Å²) in [5.74, 6) is -2.63. The Labute approximate surface area is 182 Å². The Hall–Kier alpha value is -2.89. The molecular formula is C19H35N7O5. The number of carboxylic acids is 1. The van der Waals surface area contributed by atoms with E-state index >= 15 is 0 Å². The normalized spacial score (nSPS) is 17.5. The molecule has 0 aromatic carbocycles. The monoisotopic (exact) mass is 441 g/mol. The van der Waals surface area contributed by atoms with Gasteiger partial charge >= 0.3 is 5.97 Å². The summed E-state index contributed by atoms with van der Waals surface area (Å²) in [7, 11) is 0. The van der Waals surface area contributed by atoms with Gasteiger partial charge in [0.05, 0.1) is 12.6 Å². The lowest BCUT2D eigenvalue weighted by atomic mass is 10.0. The van der Waals surface area contributed by atoms with E-state index < -0.39 is 29.9 Å². The van der Waals surface area contributed by atoms with Gasteiger partial charge < -0.3 is 37.8 Å². The molecule has 1 aliphatic heterocycles. The molecule has 0 spiro atoms. The summed E-state index contributed by atoms with van der Waals surface area (Å²) in [6.45, 7) is 4.41. The summed E-state index contributed by atoms with van der Waals surface area (Å²) >= 11 is 0. The van der Waals surface area contributed by atoms with E-state index in [1.807, 2.05) is 13.8 Å². The van der Waals surface area contributed by atoms with Crippen LogP contribution in [0.5, 0.6) is 0 Å². The fourth-order valence-electron chi connectivity index (χ4n) is 3.18. The van der Waals surface area contributed by atoms with Crippen LogP contribution in [0.15, 0.2) is 4.99 Å². The first-order chi connectivity index (χ1) is 14.6. The Kier molecular flexibility index (Phi) is 11.3. The van der Waals surface area contributed by atoms with E-state index in [2.05, 4.69) is 26.3 Å². The third-order valence-electron chi connectivity index (χ3n) is 4.72. The van der Waals surface area contributed by atoms with Crippen molar-refractivity contribution in [2.45, 2.75) is 64.1 Å². The lowest BCUT2D eigenvalue weighted by molar-refractivity contribution is -0.142. The standard InChI is InChI=1S/C19H35N7O5/c1-11(2)9-14(18(30)31)26-17(29)13(6-4-8-23-19(20)21)25-15(27)10-24-16(28)12-5-3-7-22-12/h11-14,22H,3-10H2,1-2H3,(H,24,28)(H,25,27)(H,26,29)(H,30,31)(H4,20,21,23). The molecule has 1 fully saturated rings. The molecule has 12 heteroatoms. The number of nitrogens with two attached hydrogens (primary N) is 2. The zero-order valence-electron chi connectivity index (χ0n) is 18.1. The summed E-state index contributed by atoms with van der Waals surface area (Å²) in [6, 6.07) is -2.38. The Bertz CT molecular complexity index is 658. The molecule has 0 aromatic heterocycles. The van der Waals surface area contributed by atoms with Crippen molar-refractivity contribution in [3.8, 4) is 0 Å². The number of carbonyl (C=O) groups excluding carboxylic acids is 3. The fourth-order valence-corrected chi connectivity index (χ4v) is 3.18. The molecule has 31 heavy (non-hydrogen) atoms. The molecule has 0 radical (unpaired) electrons. The number of hydrogen-bond donors (Lipinski definition) is 7. The van der Waals surface area contributed by atoms with Crippen molar-refractivity contribution >= 4 is 29.7 Å². The minimum absolute atomic E-state index is 0.0516. The molecule has 1 heterocycles.